The van der Waals surface area contributed by atoms with Gasteiger partial charge in [-0.2, -0.15) is 0 Å². The minimum Gasteiger partial charge on any atom is -0.469 e. The van der Waals surface area contributed by atoms with Crippen LogP contribution in [-0.4, -0.2) is 24.6 Å². The summed E-state index contributed by atoms with van der Waals surface area (Å²) in [6.07, 6.45) is 3.59. The smallest absolute Gasteiger partial charge is 0.242 e. The number of furan rings is 1. The highest BCUT2D eigenvalue weighted by atomic mass is 32.2. The first-order chi connectivity index (χ1) is 9.94. The molecule has 2 rings (SSSR count). The van der Waals surface area contributed by atoms with Crippen LogP contribution in [0.2, 0.25) is 0 Å². The van der Waals surface area contributed by atoms with E-state index in [1.807, 2.05) is 13.8 Å². The van der Waals surface area contributed by atoms with Gasteiger partial charge in [0.2, 0.25) is 10.0 Å². The summed E-state index contributed by atoms with van der Waals surface area (Å²) in [5.41, 5.74) is 0.580. The quantitative estimate of drug-likeness (QED) is 0.814. The van der Waals surface area contributed by atoms with E-state index in [-0.39, 0.29) is 24.1 Å². The molecule has 0 bridgehead atoms. The second-order valence-corrected chi connectivity index (χ2v) is 6.82. The minimum atomic E-state index is -3.58. The van der Waals surface area contributed by atoms with Crippen LogP contribution in [0.4, 0.5) is 0 Å². The molecule has 0 aliphatic heterocycles. The van der Waals surface area contributed by atoms with Crippen LogP contribution in [-0.2, 0) is 23.1 Å². The molecule has 0 aromatic carbocycles. The van der Waals surface area contributed by atoms with Crippen molar-refractivity contribution in [1.82, 2.24) is 9.29 Å². The third kappa shape index (κ3) is 3.75. The Hall–Kier alpha value is -1.57. The Morgan fingerprint density at radius 2 is 2.19 bits per heavy atom. The molecule has 0 aliphatic rings. The van der Waals surface area contributed by atoms with Crippen molar-refractivity contribution in [3.05, 3.63) is 42.1 Å². The van der Waals surface area contributed by atoms with Crippen molar-refractivity contribution < 1.29 is 17.9 Å². The van der Waals surface area contributed by atoms with Crippen LogP contribution in [0.5, 0.6) is 0 Å². The summed E-state index contributed by atoms with van der Waals surface area (Å²) < 4.78 is 33.9. The van der Waals surface area contributed by atoms with Gasteiger partial charge in [-0.25, -0.2) is 13.1 Å². The van der Waals surface area contributed by atoms with Crippen LogP contribution in [0.15, 0.2) is 40.0 Å². The summed E-state index contributed by atoms with van der Waals surface area (Å²) in [5, 5.41) is 9.30. The fraction of sp³-hybridized carbons (Fsp3) is 0.429. The first kappa shape index (κ1) is 15.8. The van der Waals surface area contributed by atoms with Gasteiger partial charge in [-0.15, -0.1) is 0 Å². The van der Waals surface area contributed by atoms with Crippen LogP contribution in [0.3, 0.4) is 0 Å². The predicted octanol–water partition coefficient (Wildman–Crippen LogP) is 1.68. The average Bonchev–Trinajstić information content (AvgIpc) is 3.07. The summed E-state index contributed by atoms with van der Waals surface area (Å²) in [6, 6.07) is 5.14. The molecule has 0 aliphatic carbocycles. The Labute approximate surface area is 124 Å². The van der Waals surface area contributed by atoms with Crippen molar-refractivity contribution >= 4 is 10.0 Å². The standard InChI is InChI=1S/C14H20N2O4S/c1-11(2)16-9-14(8-12(16)10-17)21(18,19)15-6-5-13-4-3-7-20-13/h3-4,7-9,11,15,17H,5-6,10H2,1-2H3. The molecule has 0 spiro atoms. The molecule has 0 saturated carbocycles. The van der Waals surface area contributed by atoms with Crippen molar-refractivity contribution in [2.75, 3.05) is 6.54 Å². The maximum atomic E-state index is 12.2. The lowest BCUT2D eigenvalue weighted by molar-refractivity contribution is 0.268. The van der Waals surface area contributed by atoms with Gasteiger partial charge in [0.05, 0.1) is 17.8 Å². The number of hydrogen-bond acceptors (Lipinski definition) is 4. The summed E-state index contributed by atoms with van der Waals surface area (Å²) in [7, 11) is -3.58. The number of nitrogens with zero attached hydrogens (tertiary/aromatic N) is 1. The lowest BCUT2D eigenvalue weighted by Crippen LogP contribution is -2.25. The highest BCUT2D eigenvalue weighted by Crippen LogP contribution is 2.18. The Morgan fingerprint density at radius 1 is 1.43 bits per heavy atom. The van der Waals surface area contributed by atoms with E-state index < -0.39 is 10.0 Å². The van der Waals surface area contributed by atoms with E-state index in [2.05, 4.69) is 4.72 Å². The normalized spacial score (nSPS) is 12.2. The zero-order chi connectivity index (χ0) is 15.5. The lowest BCUT2D eigenvalue weighted by atomic mass is 10.3. The number of aliphatic hydroxyl groups excluding tert-OH is 1. The topological polar surface area (TPSA) is 84.5 Å². The molecule has 2 aromatic rings. The van der Waals surface area contributed by atoms with Gasteiger partial charge in [0.1, 0.15) is 5.76 Å². The molecule has 0 saturated heterocycles. The number of hydrogen-bond donors (Lipinski definition) is 2. The Kier molecular flexibility index (Phi) is 4.87. The Bertz CT molecular complexity index is 672. The second kappa shape index (κ2) is 6.46. The van der Waals surface area contributed by atoms with Crippen LogP contribution >= 0.6 is 0 Å². The van der Waals surface area contributed by atoms with Gasteiger partial charge in [0.15, 0.2) is 0 Å². The molecule has 0 unspecified atom stereocenters. The number of rotatable bonds is 7. The predicted molar refractivity (Wildman–Crippen MR) is 78.3 cm³/mol. The Morgan fingerprint density at radius 3 is 2.71 bits per heavy atom. The molecular weight excluding hydrogens is 292 g/mol. The monoisotopic (exact) mass is 312 g/mol. The van der Waals surface area contributed by atoms with E-state index in [0.29, 0.717) is 12.1 Å². The van der Waals surface area contributed by atoms with Gasteiger partial charge in [-0.1, -0.05) is 0 Å². The van der Waals surface area contributed by atoms with Gasteiger partial charge in [0.25, 0.3) is 0 Å². The van der Waals surface area contributed by atoms with Crippen LogP contribution in [0.1, 0.15) is 31.3 Å². The maximum Gasteiger partial charge on any atom is 0.242 e. The summed E-state index contributed by atoms with van der Waals surface area (Å²) in [6.45, 7) is 3.93. The summed E-state index contributed by atoms with van der Waals surface area (Å²) in [4.78, 5) is 0.166. The highest BCUT2D eigenvalue weighted by Gasteiger charge is 2.18. The largest absolute Gasteiger partial charge is 0.469 e. The molecule has 0 radical (unpaired) electrons. The lowest BCUT2D eigenvalue weighted by Gasteiger charge is -2.10. The first-order valence-corrected chi connectivity index (χ1v) is 8.26. The number of aliphatic hydroxyl groups is 1. The molecule has 21 heavy (non-hydrogen) atoms. The van der Waals surface area contributed by atoms with Crippen LogP contribution < -0.4 is 4.72 Å². The molecule has 2 heterocycles. The van der Waals surface area contributed by atoms with E-state index in [0.717, 1.165) is 5.76 Å². The maximum absolute atomic E-state index is 12.2. The number of nitrogens with one attached hydrogen (secondary N) is 1. The molecule has 116 valence electrons. The van der Waals surface area contributed by atoms with Gasteiger partial charge < -0.3 is 14.1 Å². The van der Waals surface area contributed by atoms with Crippen molar-refractivity contribution in [1.29, 1.82) is 0 Å². The van der Waals surface area contributed by atoms with E-state index in [4.69, 9.17) is 4.42 Å². The zero-order valence-corrected chi connectivity index (χ0v) is 12.9. The van der Waals surface area contributed by atoms with Crippen LogP contribution in [0, 0.1) is 0 Å². The van der Waals surface area contributed by atoms with Crippen molar-refractivity contribution in [2.24, 2.45) is 0 Å². The molecule has 0 fully saturated rings. The molecule has 7 heteroatoms. The highest BCUT2D eigenvalue weighted by molar-refractivity contribution is 7.89. The van der Waals surface area contributed by atoms with Gasteiger partial charge >= 0.3 is 0 Å². The number of sulfonamides is 1. The van der Waals surface area contributed by atoms with Gasteiger partial charge in [-0.05, 0) is 32.0 Å². The average molecular weight is 312 g/mol. The first-order valence-electron chi connectivity index (χ1n) is 6.77. The molecule has 2 N–H and O–H groups in total. The molecule has 0 amide bonds. The van der Waals surface area contributed by atoms with E-state index in [1.165, 1.54) is 6.07 Å². The number of aromatic nitrogens is 1. The van der Waals surface area contributed by atoms with Crippen molar-refractivity contribution in [3.8, 4) is 0 Å². The van der Waals surface area contributed by atoms with Crippen LogP contribution in [0.25, 0.3) is 0 Å². The zero-order valence-electron chi connectivity index (χ0n) is 12.1. The molecular formula is C14H20N2O4S. The van der Waals surface area contributed by atoms with Crippen molar-refractivity contribution in [3.63, 3.8) is 0 Å². The van der Waals surface area contributed by atoms with Gasteiger partial charge in [-0.3, -0.25) is 0 Å². The third-order valence-electron chi connectivity index (χ3n) is 3.18. The SMILES string of the molecule is CC(C)n1cc(S(=O)(=O)NCCc2ccco2)cc1CO. The fourth-order valence-electron chi connectivity index (χ4n) is 2.10. The third-order valence-corrected chi connectivity index (χ3v) is 4.61. The summed E-state index contributed by atoms with van der Waals surface area (Å²) >= 11 is 0. The van der Waals surface area contributed by atoms with Gasteiger partial charge in [0, 0.05) is 30.9 Å². The molecule has 0 atom stereocenters. The fourth-order valence-corrected chi connectivity index (χ4v) is 3.18. The van der Waals surface area contributed by atoms with E-state index in [9.17, 15) is 13.5 Å². The summed E-state index contributed by atoms with van der Waals surface area (Å²) in [5.74, 6) is 0.730. The van der Waals surface area contributed by atoms with Crippen molar-refractivity contribution in [2.45, 2.75) is 37.8 Å². The Balaban J connectivity index is 2.08. The minimum absolute atomic E-state index is 0.0826. The molecule has 2 aromatic heterocycles. The van der Waals surface area contributed by atoms with E-state index in [1.54, 1.807) is 29.2 Å². The molecule has 6 nitrogen and oxygen atoms in total. The van der Waals surface area contributed by atoms with E-state index >= 15 is 0 Å². The second-order valence-electron chi connectivity index (χ2n) is 5.05.